The predicted octanol–water partition coefficient (Wildman–Crippen LogP) is 1.83. The summed E-state index contributed by atoms with van der Waals surface area (Å²) in [4.78, 5) is 22.8. The Morgan fingerprint density at radius 1 is 1.24 bits per heavy atom. The first-order valence-electron chi connectivity index (χ1n) is 5.50. The van der Waals surface area contributed by atoms with Gasteiger partial charge in [-0.25, -0.2) is 4.39 Å². The molecule has 17 heavy (non-hydrogen) atoms. The van der Waals surface area contributed by atoms with Crippen molar-refractivity contribution in [2.24, 2.45) is 0 Å². The number of hydrogen-bond acceptors (Lipinski definition) is 2. The van der Waals surface area contributed by atoms with Gasteiger partial charge >= 0.3 is 0 Å². The van der Waals surface area contributed by atoms with Crippen LogP contribution in [0.25, 0.3) is 0 Å². The summed E-state index contributed by atoms with van der Waals surface area (Å²) in [7, 11) is 0. The average molecular weight is 235 g/mol. The number of halogens is 1. The van der Waals surface area contributed by atoms with Crippen LogP contribution in [-0.4, -0.2) is 11.8 Å². The fourth-order valence-corrected chi connectivity index (χ4v) is 2.24. The van der Waals surface area contributed by atoms with E-state index in [-0.39, 0.29) is 30.5 Å². The van der Waals surface area contributed by atoms with E-state index in [4.69, 9.17) is 0 Å². The third kappa shape index (κ3) is 2.20. The molecule has 2 amide bonds. The number of nitrogens with one attached hydrogen (secondary N) is 1. The van der Waals surface area contributed by atoms with Crippen molar-refractivity contribution in [2.45, 2.75) is 32.1 Å². The molecule has 0 aliphatic carbocycles. The smallest absolute Gasteiger partial charge is 0.227 e. The quantitative estimate of drug-likeness (QED) is 0.755. The molecule has 2 rings (SSSR count). The Balaban J connectivity index is 2.39. The first-order valence-corrected chi connectivity index (χ1v) is 5.50. The number of piperidine rings is 1. The summed E-state index contributed by atoms with van der Waals surface area (Å²) in [6.07, 6.45) is 0.508. The molecular formula is C13H14FNO2. The number of carbonyl (C=O) groups excluding carboxylic acids is 2. The van der Waals surface area contributed by atoms with Crippen molar-refractivity contribution in [2.75, 3.05) is 0 Å². The Hall–Kier alpha value is -1.71. The highest BCUT2D eigenvalue weighted by Gasteiger charge is 2.37. The zero-order chi connectivity index (χ0) is 12.6. The lowest BCUT2D eigenvalue weighted by atomic mass is 9.74. The Morgan fingerprint density at radius 2 is 1.82 bits per heavy atom. The molecule has 0 atom stereocenters. The van der Waals surface area contributed by atoms with Gasteiger partial charge in [-0.2, -0.15) is 0 Å². The van der Waals surface area contributed by atoms with E-state index in [1.807, 2.05) is 6.92 Å². The van der Waals surface area contributed by atoms with Crippen LogP contribution in [0.3, 0.4) is 0 Å². The minimum absolute atomic E-state index is 0.254. The lowest BCUT2D eigenvalue weighted by Gasteiger charge is -2.32. The number of amides is 2. The van der Waals surface area contributed by atoms with Gasteiger partial charge in [0, 0.05) is 18.3 Å². The fourth-order valence-electron chi connectivity index (χ4n) is 2.24. The monoisotopic (exact) mass is 235 g/mol. The molecule has 0 aromatic heterocycles. The van der Waals surface area contributed by atoms with Gasteiger partial charge in [0.25, 0.3) is 0 Å². The van der Waals surface area contributed by atoms with Crippen molar-refractivity contribution in [3.8, 4) is 0 Å². The van der Waals surface area contributed by atoms with E-state index < -0.39 is 5.41 Å². The second kappa shape index (κ2) is 3.95. The second-order valence-corrected chi connectivity index (χ2v) is 4.85. The SMILES string of the molecule is Cc1cc(C2(C)CC(=O)NC(=O)C2)ccc1F. The van der Waals surface area contributed by atoms with E-state index in [1.54, 1.807) is 19.1 Å². The standard InChI is InChI=1S/C13H14FNO2/c1-8-5-9(3-4-10(8)14)13(2)6-11(16)15-12(17)7-13/h3-5H,6-7H2,1-2H3,(H,15,16,17). The molecule has 3 nitrogen and oxygen atoms in total. The molecule has 4 heteroatoms. The number of aryl methyl sites for hydroxylation is 1. The summed E-state index contributed by atoms with van der Waals surface area (Å²) >= 11 is 0. The van der Waals surface area contributed by atoms with Gasteiger partial charge in [0.1, 0.15) is 5.82 Å². The van der Waals surface area contributed by atoms with Crippen LogP contribution in [0.1, 0.15) is 30.9 Å². The van der Waals surface area contributed by atoms with Crippen molar-refractivity contribution >= 4 is 11.8 Å². The van der Waals surface area contributed by atoms with Gasteiger partial charge in [-0.3, -0.25) is 14.9 Å². The van der Waals surface area contributed by atoms with Crippen LogP contribution in [0.5, 0.6) is 0 Å². The molecule has 0 bridgehead atoms. The summed E-state index contributed by atoms with van der Waals surface area (Å²) in [6, 6.07) is 4.74. The van der Waals surface area contributed by atoms with Crippen LogP contribution in [0.4, 0.5) is 4.39 Å². The molecule has 0 spiro atoms. The topological polar surface area (TPSA) is 46.2 Å². The van der Waals surface area contributed by atoms with Crippen LogP contribution < -0.4 is 5.32 Å². The lowest BCUT2D eigenvalue weighted by molar-refractivity contribution is -0.135. The van der Waals surface area contributed by atoms with E-state index in [2.05, 4.69) is 5.32 Å². The van der Waals surface area contributed by atoms with Crippen molar-refractivity contribution in [1.29, 1.82) is 0 Å². The Kier molecular flexibility index (Phi) is 2.73. The largest absolute Gasteiger partial charge is 0.296 e. The normalized spacial score (nSPS) is 19.0. The number of rotatable bonds is 1. The highest BCUT2D eigenvalue weighted by molar-refractivity contribution is 5.99. The fraction of sp³-hybridized carbons (Fsp3) is 0.385. The second-order valence-electron chi connectivity index (χ2n) is 4.85. The Morgan fingerprint density at radius 3 is 2.35 bits per heavy atom. The highest BCUT2D eigenvalue weighted by Crippen LogP contribution is 2.34. The molecule has 0 radical (unpaired) electrons. The lowest BCUT2D eigenvalue weighted by Crippen LogP contribution is -2.45. The van der Waals surface area contributed by atoms with Crippen molar-refractivity contribution in [1.82, 2.24) is 5.32 Å². The molecule has 1 heterocycles. The summed E-state index contributed by atoms with van der Waals surface area (Å²) < 4.78 is 13.2. The van der Waals surface area contributed by atoms with Gasteiger partial charge in [0.2, 0.25) is 11.8 Å². The van der Waals surface area contributed by atoms with Gasteiger partial charge in [-0.15, -0.1) is 0 Å². The molecule has 90 valence electrons. The van der Waals surface area contributed by atoms with Gasteiger partial charge in [0.05, 0.1) is 0 Å². The molecule has 1 aromatic rings. The van der Waals surface area contributed by atoms with Crippen molar-refractivity contribution < 1.29 is 14.0 Å². The predicted molar refractivity (Wildman–Crippen MR) is 60.9 cm³/mol. The molecule has 1 saturated heterocycles. The number of hydrogen-bond donors (Lipinski definition) is 1. The third-order valence-corrected chi connectivity index (χ3v) is 3.24. The molecule has 1 aliphatic heterocycles. The van der Waals surface area contributed by atoms with E-state index in [9.17, 15) is 14.0 Å². The van der Waals surface area contributed by atoms with E-state index >= 15 is 0 Å². The first-order chi connectivity index (χ1) is 7.90. The van der Waals surface area contributed by atoms with Crippen LogP contribution >= 0.6 is 0 Å². The first kappa shape index (κ1) is 11.8. The van der Waals surface area contributed by atoms with Crippen LogP contribution in [0, 0.1) is 12.7 Å². The number of benzene rings is 1. The van der Waals surface area contributed by atoms with Gasteiger partial charge in [-0.1, -0.05) is 19.1 Å². The van der Waals surface area contributed by atoms with Crippen LogP contribution in [-0.2, 0) is 15.0 Å². The van der Waals surface area contributed by atoms with Crippen molar-refractivity contribution in [3.05, 3.63) is 35.1 Å². The summed E-state index contributed by atoms with van der Waals surface area (Å²) in [5, 5.41) is 2.28. The Bertz CT molecular complexity index is 480. The van der Waals surface area contributed by atoms with E-state index in [1.165, 1.54) is 6.07 Å². The molecule has 1 aliphatic rings. The third-order valence-electron chi connectivity index (χ3n) is 3.24. The van der Waals surface area contributed by atoms with Gasteiger partial charge in [0.15, 0.2) is 0 Å². The maximum absolute atomic E-state index is 13.2. The maximum Gasteiger partial charge on any atom is 0.227 e. The molecule has 0 saturated carbocycles. The van der Waals surface area contributed by atoms with Crippen LogP contribution in [0.15, 0.2) is 18.2 Å². The highest BCUT2D eigenvalue weighted by atomic mass is 19.1. The zero-order valence-corrected chi connectivity index (χ0v) is 9.84. The molecule has 1 N–H and O–H groups in total. The summed E-state index contributed by atoms with van der Waals surface area (Å²) in [6.45, 7) is 3.53. The number of carbonyl (C=O) groups is 2. The Labute approximate surface area is 99.0 Å². The summed E-state index contributed by atoms with van der Waals surface area (Å²) in [5.74, 6) is -0.819. The number of imide groups is 1. The molecule has 0 unspecified atom stereocenters. The zero-order valence-electron chi connectivity index (χ0n) is 9.84. The molecule has 1 fully saturated rings. The average Bonchev–Trinajstić information content (AvgIpc) is 2.19. The van der Waals surface area contributed by atoms with E-state index in [0.717, 1.165) is 5.56 Å². The van der Waals surface area contributed by atoms with E-state index in [0.29, 0.717) is 5.56 Å². The molecule has 1 aromatic carbocycles. The minimum Gasteiger partial charge on any atom is -0.296 e. The minimum atomic E-state index is -0.530. The van der Waals surface area contributed by atoms with Crippen LogP contribution in [0.2, 0.25) is 0 Å². The van der Waals surface area contributed by atoms with Gasteiger partial charge in [-0.05, 0) is 24.1 Å². The van der Waals surface area contributed by atoms with Gasteiger partial charge < -0.3 is 0 Å². The maximum atomic E-state index is 13.2. The van der Waals surface area contributed by atoms with Crippen molar-refractivity contribution in [3.63, 3.8) is 0 Å². The molecular weight excluding hydrogens is 221 g/mol. The summed E-state index contributed by atoms with van der Waals surface area (Å²) in [5.41, 5.74) is 0.833.